The number of halogens is 1. The number of sulfonamides is 1. The number of fused-ring (bicyclic) bond motifs is 1. The standard InChI is InChI=1S/C19H20ClN3O4S3/c1-2-27-13-5-6-14-15(10-13)28-19(21-14)22-18(24)12-4-3-9-23(11-12)30(25,26)17-8-7-16(20)29-17/h5-8,10,12H,2-4,9,11H2,1H3,(H,21,22,24). The zero-order chi connectivity index (χ0) is 21.3. The second-order valence-corrected chi connectivity index (χ2v) is 11.7. The second kappa shape index (κ2) is 8.80. The maximum Gasteiger partial charge on any atom is 0.252 e. The molecule has 1 amide bonds. The predicted molar refractivity (Wildman–Crippen MR) is 120 cm³/mol. The van der Waals surface area contributed by atoms with Gasteiger partial charge in [-0.2, -0.15) is 4.31 Å². The fourth-order valence-electron chi connectivity index (χ4n) is 3.36. The van der Waals surface area contributed by atoms with E-state index in [1.54, 1.807) is 6.07 Å². The smallest absolute Gasteiger partial charge is 0.252 e. The van der Waals surface area contributed by atoms with E-state index in [0.29, 0.717) is 35.5 Å². The fraction of sp³-hybridized carbons (Fsp3) is 0.368. The van der Waals surface area contributed by atoms with Gasteiger partial charge in [-0.15, -0.1) is 11.3 Å². The van der Waals surface area contributed by atoms with Gasteiger partial charge in [-0.3, -0.25) is 4.79 Å². The molecule has 3 heterocycles. The van der Waals surface area contributed by atoms with Gasteiger partial charge in [-0.1, -0.05) is 22.9 Å². The Morgan fingerprint density at radius 3 is 2.90 bits per heavy atom. The van der Waals surface area contributed by atoms with Crippen molar-refractivity contribution < 1.29 is 17.9 Å². The largest absolute Gasteiger partial charge is 0.494 e. The van der Waals surface area contributed by atoms with Gasteiger partial charge in [0, 0.05) is 13.1 Å². The first-order valence-corrected chi connectivity index (χ1v) is 12.9. The number of thiazole rings is 1. The number of aromatic nitrogens is 1. The van der Waals surface area contributed by atoms with Crippen molar-refractivity contribution in [3.8, 4) is 5.75 Å². The average molecular weight is 486 g/mol. The van der Waals surface area contributed by atoms with E-state index in [1.165, 1.54) is 21.7 Å². The highest BCUT2D eigenvalue weighted by atomic mass is 35.5. The quantitative estimate of drug-likeness (QED) is 0.557. The van der Waals surface area contributed by atoms with E-state index >= 15 is 0 Å². The van der Waals surface area contributed by atoms with Crippen LogP contribution in [-0.4, -0.2) is 43.3 Å². The highest BCUT2D eigenvalue weighted by Gasteiger charge is 2.34. The molecule has 4 rings (SSSR count). The number of amides is 1. The molecular weight excluding hydrogens is 466 g/mol. The third-order valence-corrected chi connectivity index (χ3v) is 9.30. The number of nitrogens with zero attached hydrogens (tertiary/aromatic N) is 2. The Kier molecular flexibility index (Phi) is 6.31. The molecule has 1 atom stereocenters. The van der Waals surface area contributed by atoms with Gasteiger partial charge in [0.2, 0.25) is 5.91 Å². The first-order chi connectivity index (χ1) is 14.4. The summed E-state index contributed by atoms with van der Waals surface area (Å²) in [6.07, 6.45) is 1.25. The molecule has 1 aliphatic heterocycles. The summed E-state index contributed by atoms with van der Waals surface area (Å²) in [5.74, 6) is 0.103. The van der Waals surface area contributed by atoms with Crippen LogP contribution in [-0.2, 0) is 14.8 Å². The molecule has 11 heteroatoms. The number of hydrogen-bond acceptors (Lipinski definition) is 7. The van der Waals surface area contributed by atoms with Crippen molar-refractivity contribution in [1.82, 2.24) is 9.29 Å². The van der Waals surface area contributed by atoms with Crippen molar-refractivity contribution >= 4 is 65.6 Å². The van der Waals surface area contributed by atoms with E-state index in [9.17, 15) is 13.2 Å². The number of piperidine rings is 1. The van der Waals surface area contributed by atoms with E-state index in [2.05, 4.69) is 10.3 Å². The third kappa shape index (κ3) is 4.47. The van der Waals surface area contributed by atoms with Crippen molar-refractivity contribution in [2.24, 2.45) is 5.92 Å². The lowest BCUT2D eigenvalue weighted by Crippen LogP contribution is -2.43. The summed E-state index contributed by atoms with van der Waals surface area (Å²) in [7, 11) is -3.65. The Bertz CT molecular complexity index is 1170. The topological polar surface area (TPSA) is 88.6 Å². The highest BCUT2D eigenvalue weighted by molar-refractivity contribution is 7.91. The normalized spacial score (nSPS) is 17.9. The molecule has 0 saturated carbocycles. The number of rotatable bonds is 6. The molecule has 160 valence electrons. The minimum atomic E-state index is -3.65. The monoisotopic (exact) mass is 485 g/mol. The summed E-state index contributed by atoms with van der Waals surface area (Å²) < 4.78 is 34.1. The summed E-state index contributed by atoms with van der Waals surface area (Å²) in [5, 5.41) is 3.35. The van der Waals surface area contributed by atoms with Crippen LogP contribution in [0.5, 0.6) is 5.75 Å². The predicted octanol–water partition coefficient (Wildman–Crippen LogP) is 4.45. The number of benzene rings is 1. The van der Waals surface area contributed by atoms with Crippen LogP contribution >= 0.6 is 34.3 Å². The molecule has 2 aromatic heterocycles. The molecule has 1 aromatic carbocycles. The minimum Gasteiger partial charge on any atom is -0.494 e. The Morgan fingerprint density at radius 2 is 2.17 bits per heavy atom. The van der Waals surface area contributed by atoms with E-state index < -0.39 is 15.9 Å². The van der Waals surface area contributed by atoms with Crippen molar-refractivity contribution in [2.45, 2.75) is 24.0 Å². The van der Waals surface area contributed by atoms with Gasteiger partial charge in [-0.05, 0) is 50.1 Å². The second-order valence-electron chi connectivity index (χ2n) is 6.83. The van der Waals surface area contributed by atoms with Crippen LogP contribution in [0.25, 0.3) is 10.2 Å². The van der Waals surface area contributed by atoms with Gasteiger partial charge >= 0.3 is 0 Å². The number of anilines is 1. The molecule has 0 aliphatic carbocycles. The van der Waals surface area contributed by atoms with Gasteiger partial charge in [0.1, 0.15) is 9.96 Å². The van der Waals surface area contributed by atoms with Crippen molar-refractivity contribution in [1.29, 1.82) is 0 Å². The molecule has 3 aromatic rings. The number of carbonyl (C=O) groups is 1. The SMILES string of the molecule is CCOc1ccc2nc(NC(=O)C3CCCN(S(=O)(=O)c4ccc(Cl)s4)C3)sc2c1. The van der Waals surface area contributed by atoms with Gasteiger partial charge in [-0.25, -0.2) is 13.4 Å². The maximum atomic E-state index is 12.9. The molecule has 0 bridgehead atoms. The van der Waals surface area contributed by atoms with E-state index in [4.69, 9.17) is 16.3 Å². The molecule has 1 unspecified atom stereocenters. The van der Waals surface area contributed by atoms with E-state index in [1.807, 2.05) is 25.1 Å². The lowest BCUT2D eigenvalue weighted by molar-refractivity contribution is -0.120. The molecular formula is C19H20ClN3O4S3. The number of ether oxygens (including phenoxy) is 1. The first kappa shape index (κ1) is 21.5. The zero-order valence-corrected chi connectivity index (χ0v) is 19.3. The van der Waals surface area contributed by atoms with Gasteiger partial charge in [0.05, 0.1) is 27.1 Å². The Balaban J connectivity index is 1.46. The van der Waals surface area contributed by atoms with Crippen molar-refractivity contribution in [3.63, 3.8) is 0 Å². The Hall–Kier alpha value is -1.72. The third-order valence-electron chi connectivity index (χ3n) is 4.80. The average Bonchev–Trinajstić information content (AvgIpc) is 3.34. The highest BCUT2D eigenvalue weighted by Crippen LogP contribution is 2.32. The molecule has 1 saturated heterocycles. The number of carbonyl (C=O) groups excluding carboxylic acids is 1. The molecule has 1 aliphatic rings. The summed E-state index contributed by atoms with van der Waals surface area (Å²) in [6, 6.07) is 8.67. The van der Waals surface area contributed by atoms with Crippen molar-refractivity contribution in [3.05, 3.63) is 34.7 Å². The first-order valence-electron chi connectivity index (χ1n) is 9.46. The van der Waals surface area contributed by atoms with Gasteiger partial charge in [0.25, 0.3) is 10.0 Å². The molecule has 30 heavy (non-hydrogen) atoms. The fourth-order valence-corrected chi connectivity index (χ4v) is 7.42. The lowest BCUT2D eigenvalue weighted by Gasteiger charge is -2.30. The van der Waals surface area contributed by atoms with Crippen LogP contribution in [0, 0.1) is 5.92 Å². The van der Waals surface area contributed by atoms with Crippen LogP contribution < -0.4 is 10.1 Å². The van der Waals surface area contributed by atoms with E-state index in [0.717, 1.165) is 27.3 Å². The summed E-state index contributed by atoms with van der Waals surface area (Å²) >= 11 is 8.29. The van der Waals surface area contributed by atoms with Crippen LogP contribution in [0.1, 0.15) is 19.8 Å². The van der Waals surface area contributed by atoms with Crippen LogP contribution in [0.15, 0.2) is 34.5 Å². The maximum absolute atomic E-state index is 12.9. The van der Waals surface area contributed by atoms with E-state index in [-0.39, 0.29) is 16.7 Å². The van der Waals surface area contributed by atoms with Crippen LogP contribution in [0.3, 0.4) is 0 Å². The Morgan fingerprint density at radius 1 is 1.33 bits per heavy atom. The number of thiophene rings is 1. The summed E-state index contributed by atoms with van der Waals surface area (Å²) in [6.45, 7) is 3.03. The van der Waals surface area contributed by atoms with Crippen molar-refractivity contribution in [2.75, 3.05) is 25.0 Å². The summed E-state index contributed by atoms with van der Waals surface area (Å²) in [4.78, 5) is 17.3. The van der Waals surface area contributed by atoms with Crippen LogP contribution in [0.2, 0.25) is 4.34 Å². The molecule has 1 N–H and O–H groups in total. The number of hydrogen-bond donors (Lipinski definition) is 1. The van der Waals surface area contributed by atoms with Gasteiger partial charge in [0.15, 0.2) is 5.13 Å². The molecule has 1 fully saturated rings. The molecule has 0 spiro atoms. The lowest BCUT2D eigenvalue weighted by atomic mass is 9.99. The van der Waals surface area contributed by atoms with Crippen LogP contribution in [0.4, 0.5) is 5.13 Å². The van der Waals surface area contributed by atoms with Gasteiger partial charge < -0.3 is 10.1 Å². The minimum absolute atomic E-state index is 0.142. The number of nitrogens with one attached hydrogen (secondary N) is 1. The zero-order valence-electron chi connectivity index (χ0n) is 16.1. The Labute approximate surface area is 187 Å². The summed E-state index contributed by atoms with van der Waals surface area (Å²) in [5.41, 5.74) is 0.779. The molecule has 0 radical (unpaired) electrons. The molecule has 7 nitrogen and oxygen atoms in total.